The highest BCUT2D eigenvalue weighted by molar-refractivity contribution is 5.69. The molecule has 0 aliphatic heterocycles. The zero-order valence-corrected chi connectivity index (χ0v) is 19.5. The number of nitrogens with one attached hydrogen (secondary N) is 1. The quantitative estimate of drug-likeness (QED) is 0.466. The third-order valence-electron chi connectivity index (χ3n) is 5.55. The molecule has 174 valence electrons. The van der Waals surface area contributed by atoms with Crippen LogP contribution >= 0.6 is 0 Å². The lowest BCUT2D eigenvalue weighted by Gasteiger charge is -2.17. The molecule has 32 heavy (non-hydrogen) atoms. The first-order chi connectivity index (χ1) is 15.3. The van der Waals surface area contributed by atoms with Crippen LogP contribution in [0.5, 0.6) is 17.2 Å². The SMILES string of the molecule is COc1cc(CC(C)NCCCn2cnc3c2c(=O)n(C)c(=O)n3C)cc(OC)c1OC. The Morgan fingerprint density at radius 3 is 2.28 bits per heavy atom. The lowest BCUT2D eigenvalue weighted by molar-refractivity contribution is 0.323. The van der Waals surface area contributed by atoms with Crippen molar-refractivity contribution in [1.82, 2.24) is 24.0 Å². The van der Waals surface area contributed by atoms with Gasteiger partial charge in [-0.2, -0.15) is 0 Å². The van der Waals surface area contributed by atoms with Crippen molar-refractivity contribution in [2.24, 2.45) is 14.1 Å². The zero-order valence-electron chi connectivity index (χ0n) is 19.5. The van der Waals surface area contributed by atoms with Crippen LogP contribution < -0.4 is 30.8 Å². The fraction of sp³-hybridized carbons (Fsp3) is 0.500. The maximum atomic E-state index is 12.5. The Morgan fingerprint density at radius 1 is 1.03 bits per heavy atom. The highest BCUT2D eigenvalue weighted by Crippen LogP contribution is 2.38. The minimum absolute atomic E-state index is 0.214. The highest BCUT2D eigenvalue weighted by atomic mass is 16.5. The van der Waals surface area contributed by atoms with E-state index >= 15 is 0 Å². The molecule has 0 spiro atoms. The van der Waals surface area contributed by atoms with Crippen LogP contribution in [0.15, 0.2) is 28.0 Å². The summed E-state index contributed by atoms with van der Waals surface area (Å²) in [6, 6.07) is 4.13. The first-order valence-electron chi connectivity index (χ1n) is 10.5. The van der Waals surface area contributed by atoms with Crippen molar-refractivity contribution in [3.8, 4) is 17.2 Å². The van der Waals surface area contributed by atoms with Crippen LogP contribution in [-0.2, 0) is 27.1 Å². The molecule has 10 nitrogen and oxygen atoms in total. The van der Waals surface area contributed by atoms with E-state index in [9.17, 15) is 9.59 Å². The van der Waals surface area contributed by atoms with Gasteiger partial charge in [-0.15, -0.1) is 0 Å². The predicted molar refractivity (Wildman–Crippen MR) is 122 cm³/mol. The molecule has 0 bridgehead atoms. The van der Waals surface area contributed by atoms with E-state index in [1.807, 2.05) is 16.7 Å². The lowest BCUT2D eigenvalue weighted by Crippen LogP contribution is -2.37. The molecule has 2 heterocycles. The van der Waals surface area contributed by atoms with Crippen molar-refractivity contribution >= 4 is 11.2 Å². The Bertz CT molecular complexity index is 1180. The summed E-state index contributed by atoms with van der Waals surface area (Å²) in [5.41, 5.74) is 1.21. The summed E-state index contributed by atoms with van der Waals surface area (Å²) in [6.45, 7) is 3.49. The van der Waals surface area contributed by atoms with Gasteiger partial charge in [-0.3, -0.25) is 13.9 Å². The highest BCUT2D eigenvalue weighted by Gasteiger charge is 2.16. The van der Waals surface area contributed by atoms with Crippen LogP contribution in [0.4, 0.5) is 0 Å². The first-order valence-corrected chi connectivity index (χ1v) is 10.5. The van der Waals surface area contributed by atoms with E-state index in [1.165, 1.54) is 11.6 Å². The normalized spacial score (nSPS) is 12.2. The first kappa shape index (κ1) is 23.4. The van der Waals surface area contributed by atoms with Crippen molar-refractivity contribution < 1.29 is 14.2 Å². The van der Waals surface area contributed by atoms with Gasteiger partial charge in [-0.25, -0.2) is 9.78 Å². The molecule has 0 aliphatic rings. The zero-order chi connectivity index (χ0) is 23.4. The number of fused-ring (bicyclic) bond motifs is 1. The molecule has 10 heteroatoms. The van der Waals surface area contributed by atoms with Crippen molar-refractivity contribution in [1.29, 1.82) is 0 Å². The number of imidazole rings is 1. The Balaban J connectivity index is 1.61. The topological polar surface area (TPSA) is 102 Å². The maximum Gasteiger partial charge on any atom is 0.332 e. The molecular weight excluding hydrogens is 414 g/mol. The molecule has 0 aliphatic carbocycles. The maximum absolute atomic E-state index is 12.5. The monoisotopic (exact) mass is 445 g/mol. The summed E-state index contributed by atoms with van der Waals surface area (Å²) in [6.07, 6.45) is 3.20. The second-order valence-corrected chi connectivity index (χ2v) is 7.76. The molecule has 1 unspecified atom stereocenters. The fourth-order valence-corrected chi connectivity index (χ4v) is 3.84. The second kappa shape index (κ2) is 9.90. The largest absolute Gasteiger partial charge is 0.493 e. The van der Waals surface area contributed by atoms with Gasteiger partial charge in [0, 0.05) is 26.7 Å². The van der Waals surface area contributed by atoms with Crippen LogP contribution in [0.3, 0.4) is 0 Å². The van der Waals surface area contributed by atoms with E-state index in [2.05, 4.69) is 17.2 Å². The Morgan fingerprint density at radius 2 is 1.69 bits per heavy atom. The molecule has 3 rings (SSSR count). The molecule has 3 aromatic rings. The van der Waals surface area contributed by atoms with Crippen molar-refractivity contribution in [2.75, 3.05) is 27.9 Å². The summed E-state index contributed by atoms with van der Waals surface area (Å²) in [5, 5.41) is 3.51. The number of methoxy groups -OCH3 is 3. The minimum atomic E-state index is -0.380. The number of aryl methyl sites for hydroxylation is 2. The number of ether oxygens (including phenoxy) is 3. The Kier molecular flexibility index (Phi) is 7.24. The van der Waals surface area contributed by atoms with E-state index in [-0.39, 0.29) is 17.3 Å². The number of hydrogen-bond acceptors (Lipinski definition) is 7. The molecule has 0 saturated carbocycles. The predicted octanol–water partition coefficient (Wildman–Crippen LogP) is 1.07. The molecule has 0 saturated heterocycles. The van der Waals surface area contributed by atoms with E-state index in [4.69, 9.17) is 14.2 Å². The Hall–Kier alpha value is -3.27. The van der Waals surface area contributed by atoms with Gasteiger partial charge in [0.15, 0.2) is 22.7 Å². The number of hydrogen-bond donors (Lipinski definition) is 1. The summed E-state index contributed by atoms with van der Waals surface area (Å²) in [7, 11) is 7.90. The number of aromatic nitrogens is 4. The van der Waals surface area contributed by atoms with Gasteiger partial charge in [-0.05, 0) is 44.0 Å². The van der Waals surface area contributed by atoms with Gasteiger partial charge in [0.2, 0.25) is 5.75 Å². The van der Waals surface area contributed by atoms with E-state index in [0.29, 0.717) is 35.0 Å². The van der Waals surface area contributed by atoms with E-state index in [0.717, 1.165) is 29.5 Å². The molecule has 0 fully saturated rings. The fourth-order valence-electron chi connectivity index (χ4n) is 3.84. The van der Waals surface area contributed by atoms with E-state index in [1.54, 1.807) is 34.7 Å². The number of nitrogens with zero attached hydrogens (tertiary/aromatic N) is 4. The van der Waals surface area contributed by atoms with Gasteiger partial charge in [0.25, 0.3) is 5.56 Å². The van der Waals surface area contributed by atoms with Gasteiger partial charge >= 0.3 is 5.69 Å². The minimum Gasteiger partial charge on any atom is -0.493 e. The van der Waals surface area contributed by atoms with Crippen LogP contribution in [0.25, 0.3) is 11.2 Å². The van der Waals surface area contributed by atoms with Crippen molar-refractivity contribution in [2.45, 2.75) is 32.4 Å². The van der Waals surface area contributed by atoms with Crippen molar-refractivity contribution in [3.05, 3.63) is 44.9 Å². The van der Waals surface area contributed by atoms with Crippen LogP contribution in [0.1, 0.15) is 18.9 Å². The third kappa shape index (κ3) is 4.50. The standard InChI is InChI=1S/C22H31N5O5/c1-14(10-15-11-16(30-4)19(32-6)17(12-15)31-5)23-8-7-9-27-13-24-20-18(27)21(28)26(3)22(29)25(20)2/h11-14,23H,7-10H2,1-6H3. The van der Waals surface area contributed by atoms with Crippen LogP contribution in [-0.4, -0.2) is 52.6 Å². The summed E-state index contributed by atoms with van der Waals surface area (Å²) >= 11 is 0. The summed E-state index contributed by atoms with van der Waals surface area (Å²) in [4.78, 5) is 28.8. The third-order valence-corrected chi connectivity index (χ3v) is 5.55. The molecule has 0 radical (unpaired) electrons. The number of benzene rings is 1. The summed E-state index contributed by atoms with van der Waals surface area (Å²) in [5.74, 6) is 1.85. The molecule has 0 amide bonds. The molecule has 1 aromatic carbocycles. The van der Waals surface area contributed by atoms with Gasteiger partial charge in [0.1, 0.15) is 0 Å². The Labute approximate surface area is 186 Å². The van der Waals surface area contributed by atoms with E-state index < -0.39 is 0 Å². The average molecular weight is 446 g/mol. The molecular formula is C22H31N5O5. The smallest absolute Gasteiger partial charge is 0.332 e. The average Bonchev–Trinajstić information content (AvgIpc) is 3.22. The lowest BCUT2D eigenvalue weighted by atomic mass is 10.1. The van der Waals surface area contributed by atoms with Gasteiger partial charge in [-0.1, -0.05) is 0 Å². The van der Waals surface area contributed by atoms with Crippen LogP contribution in [0.2, 0.25) is 0 Å². The van der Waals surface area contributed by atoms with Crippen LogP contribution in [0, 0.1) is 0 Å². The molecule has 1 atom stereocenters. The number of rotatable bonds is 10. The molecule has 1 N–H and O–H groups in total. The molecule has 2 aromatic heterocycles. The van der Waals surface area contributed by atoms with Gasteiger partial charge < -0.3 is 24.1 Å². The van der Waals surface area contributed by atoms with Crippen molar-refractivity contribution in [3.63, 3.8) is 0 Å². The van der Waals surface area contributed by atoms with Gasteiger partial charge in [0.05, 0.1) is 27.7 Å². The summed E-state index contributed by atoms with van der Waals surface area (Å²) < 4.78 is 20.5. The second-order valence-electron chi connectivity index (χ2n) is 7.76.